The van der Waals surface area contributed by atoms with Crippen LogP contribution in [0.1, 0.15) is 27.7 Å². The zero-order valence-corrected chi connectivity index (χ0v) is 10.7. The number of carbonyl (C=O) groups is 1. The number of rotatable bonds is 2. The first kappa shape index (κ1) is 13.9. The van der Waals surface area contributed by atoms with Gasteiger partial charge in [0.2, 0.25) is 5.28 Å². The predicted molar refractivity (Wildman–Crippen MR) is 57.2 cm³/mol. The SMILES string of the molecule is CC[N+]1=NOC(=N\OC(=O)OC(C)(C)C)/C1=C\[O-]. The topological polar surface area (TPSA) is 95.5 Å². The third-order valence-corrected chi connectivity index (χ3v) is 1.73. The molecule has 1 heterocycles. The summed E-state index contributed by atoms with van der Waals surface area (Å²) in [6.45, 7) is 7.26. The van der Waals surface area contributed by atoms with E-state index in [0.29, 0.717) is 12.8 Å². The lowest BCUT2D eigenvalue weighted by atomic mass is 10.2. The molecule has 0 aromatic heterocycles. The van der Waals surface area contributed by atoms with Crippen LogP contribution in [-0.4, -0.2) is 28.9 Å². The van der Waals surface area contributed by atoms with Crippen LogP contribution < -0.4 is 5.11 Å². The van der Waals surface area contributed by atoms with Gasteiger partial charge in [0, 0.05) is 0 Å². The van der Waals surface area contributed by atoms with Crippen molar-refractivity contribution in [3.8, 4) is 0 Å². The van der Waals surface area contributed by atoms with Crippen LogP contribution in [0.4, 0.5) is 4.79 Å². The number of oxime groups is 1. The number of likely N-dealkylation sites (N-methyl/N-ethyl adjacent to an activating group) is 1. The van der Waals surface area contributed by atoms with E-state index >= 15 is 0 Å². The van der Waals surface area contributed by atoms with E-state index in [-0.39, 0.29) is 11.6 Å². The van der Waals surface area contributed by atoms with Gasteiger partial charge in [-0.1, -0.05) is 6.26 Å². The van der Waals surface area contributed by atoms with Gasteiger partial charge in [0.1, 0.15) is 5.60 Å². The van der Waals surface area contributed by atoms with Crippen molar-refractivity contribution in [3.05, 3.63) is 12.0 Å². The van der Waals surface area contributed by atoms with Crippen LogP contribution in [0.25, 0.3) is 0 Å². The zero-order valence-electron chi connectivity index (χ0n) is 10.7. The molecule has 0 spiro atoms. The maximum absolute atomic E-state index is 11.2. The maximum atomic E-state index is 11.2. The van der Waals surface area contributed by atoms with Gasteiger partial charge in [-0.2, -0.15) is 0 Å². The lowest BCUT2D eigenvalue weighted by Crippen LogP contribution is -2.24. The Morgan fingerprint density at radius 3 is 2.78 bits per heavy atom. The molecule has 0 atom stereocenters. The second kappa shape index (κ2) is 5.48. The van der Waals surface area contributed by atoms with Gasteiger partial charge in [-0.3, -0.25) is 9.68 Å². The van der Waals surface area contributed by atoms with Crippen LogP contribution in [0.15, 0.2) is 22.4 Å². The summed E-state index contributed by atoms with van der Waals surface area (Å²) in [4.78, 5) is 20.4. The van der Waals surface area contributed by atoms with E-state index in [9.17, 15) is 9.90 Å². The minimum absolute atomic E-state index is 0.0843. The molecule has 0 saturated heterocycles. The van der Waals surface area contributed by atoms with Gasteiger partial charge in [-0.15, -0.1) is 0 Å². The van der Waals surface area contributed by atoms with Crippen molar-refractivity contribution in [2.24, 2.45) is 10.4 Å². The second-order valence-electron chi connectivity index (χ2n) is 4.34. The predicted octanol–water partition coefficient (Wildman–Crippen LogP) is 0.883. The van der Waals surface area contributed by atoms with Crippen LogP contribution in [0, 0.1) is 0 Å². The van der Waals surface area contributed by atoms with E-state index in [2.05, 4.69) is 15.3 Å². The Hall–Kier alpha value is -2.12. The van der Waals surface area contributed by atoms with Crippen LogP contribution in [-0.2, 0) is 14.4 Å². The molecule has 1 aliphatic heterocycles. The number of ether oxygens (including phenoxy) is 1. The second-order valence-corrected chi connectivity index (χ2v) is 4.34. The number of hydrogen-bond acceptors (Lipinski definition) is 7. The van der Waals surface area contributed by atoms with Gasteiger partial charge in [-0.05, 0) is 37.5 Å². The summed E-state index contributed by atoms with van der Waals surface area (Å²) < 4.78 is 6.14. The minimum atomic E-state index is -0.987. The molecule has 0 fully saturated rings. The first-order valence-corrected chi connectivity index (χ1v) is 5.33. The highest BCUT2D eigenvalue weighted by Gasteiger charge is 2.31. The Morgan fingerprint density at radius 2 is 2.28 bits per heavy atom. The standard InChI is InChI=1S/C10H15N3O5/c1-5-13-7(6-14)8(17-12-13)11-18-9(15)16-10(2,3)4/h6H,5H2,1-4H3. The molecule has 1 aliphatic rings. The molecule has 0 aliphatic carbocycles. The highest BCUT2D eigenvalue weighted by Crippen LogP contribution is 2.12. The summed E-state index contributed by atoms with van der Waals surface area (Å²) in [7, 11) is 0. The van der Waals surface area contributed by atoms with E-state index in [0.717, 1.165) is 0 Å². The van der Waals surface area contributed by atoms with Gasteiger partial charge in [0.25, 0.3) is 5.70 Å². The summed E-state index contributed by atoms with van der Waals surface area (Å²) in [6, 6.07) is 0. The number of carbonyl (C=O) groups excluding carboxylic acids is 1. The molecule has 0 unspecified atom stereocenters. The zero-order chi connectivity index (χ0) is 13.8. The highest BCUT2D eigenvalue weighted by molar-refractivity contribution is 5.91. The van der Waals surface area contributed by atoms with Crippen LogP contribution in [0.3, 0.4) is 0 Å². The molecule has 1 rings (SSSR count). The normalized spacial score (nSPS) is 19.7. The van der Waals surface area contributed by atoms with E-state index in [4.69, 9.17) is 9.57 Å². The summed E-state index contributed by atoms with van der Waals surface area (Å²) >= 11 is 0. The first-order valence-electron chi connectivity index (χ1n) is 5.33. The molecule has 8 nitrogen and oxygen atoms in total. The lowest BCUT2D eigenvalue weighted by Gasteiger charge is -2.16. The fraction of sp³-hybridized carbons (Fsp3) is 0.600. The van der Waals surface area contributed by atoms with E-state index in [1.54, 1.807) is 27.7 Å². The van der Waals surface area contributed by atoms with Crippen molar-refractivity contribution in [2.75, 3.05) is 6.54 Å². The first-order chi connectivity index (χ1) is 8.37. The summed E-state index contributed by atoms with van der Waals surface area (Å²) in [6.07, 6.45) is -0.476. The van der Waals surface area contributed by atoms with E-state index in [1.165, 1.54) is 4.70 Å². The molecule has 0 saturated carbocycles. The third kappa shape index (κ3) is 3.72. The molecule has 0 amide bonds. The molecular weight excluding hydrogens is 242 g/mol. The number of nitrogens with zero attached hydrogens (tertiary/aromatic N) is 3. The van der Waals surface area contributed by atoms with Gasteiger partial charge in [0.15, 0.2) is 6.54 Å². The molecule has 18 heavy (non-hydrogen) atoms. The van der Waals surface area contributed by atoms with Gasteiger partial charge < -0.3 is 9.84 Å². The van der Waals surface area contributed by atoms with E-state index < -0.39 is 11.8 Å². The minimum Gasteiger partial charge on any atom is -0.873 e. The fourth-order valence-corrected chi connectivity index (χ4v) is 1.04. The van der Waals surface area contributed by atoms with Crippen molar-refractivity contribution in [1.82, 2.24) is 0 Å². The van der Waals surface area contributed by atoms with Gasteiger partial charge in [-0.25, -0.2) is 4.79 Å². The fourth-order valence-electron chi connectivity index (χ4n) is 1.04. The Kier molecular flexibility index (Phi) is 4.24. The van der Waals surface area contributed by atoms with Crippen molar-refractivity contribution >= 4 is 12.1 Å². The summed E-state index contributed by atoms with van der Waals surface area (Å²) in [5.74, 6) is -0.183. The molecule has 0 N–H and O–H groups in total. The Labute approximate surface area is 104 Å². The monoisotopic (exact) mass is 257 g/mol. The quantitative estimate of drug-likeness (QED) is 0.240. The summed E-state index contributed by atoms with van der Waals surface area (Å²) in [5.41, 5.74) is -0.605. The summed E-state index contributed by atoms with van der Waals surface area (Å²) in [5, 5.41) is 17.7. The molecule has 8 heteroatoms. The third-order valence-electron chi connectivity index (χ3n) is 1.73. The van der Waals surface area contributed by atoms with Gasteiger partial charge in [0.05, 0.1) is 0 Å². The van der Waals surface area contributed by atoms with Gasteiger partial charge >= 0.3 is 12.1 Å². The molecule has 0 aromatic rings. The average Bonchev–Trinajstić information content (AvgIpc) is 2.65. The van der Waals surface area contributed by atoms with Crippen molar-refractivity contribution < 1.29 is 29.0 Å². The molecule has 0 bridgehead atoms. The lowest BCUT2D eigenvalue weighted by molar-refractivity contribution is -0.548. The molecule has 0 aromatic carbocycles. The Balaban J connectivity index is 2.63. The van der Waals surface area contributed by atoms with Crippen LogP contribution >= 0.6 is 0 Å². The smallest absolute Gasteiger partial charge is 0.535 e. The molecular formula is C10H15N3O5. The largest absolute Gasteiger partial charge is 0.873 e. The van der Waals surface area contributed by atoms with Crippen molar-refractivity contribution in [2.45, 2.75) is 33.3 Å². The maximum Gasteiger partial charge on any atom is 0.535 e. The average molecular weight is 257 g/mol. The highest BCUT2D eigenvalue weighted by atomic mass is 16.8. The molecule has 100 valence electrons. The molecule has 0 radical (unpaired) electrons. The van der Waals surface area contributed by atoms with Crippen LogP contribution in [0.5, 0.6) is 0 Å². The van der Waals surface area contributed by atoms with Crippen molar-refractivity contribution in [1.29, 1.82) is 0 Å². The van der Waals surface area contributed by atoms with E-state index in [1.807, 2.05) is 0 Å². The Bertz CT molecular complexity index is 420. The Morgan fingerprint density at radius 1 is 1.61 bits per heavy atom. The van der Waals surface area contributed by atoms with Crippen molar-refractivity contribution in [3.63, 3.8) is 0 Å². The number of hydrogen-bond donors (Lipinski definition) is 0. The van der Waals surface area contributed by atoms with Crippen LogP contribution in [0.2, 0.25) is 0 Å².